The Hall–Kier alpha value is -5.16. The lowest BCUT2D eigenvalue weighted by Crippen LogP contribution is -2.53. The van der Waals surface area contributed by atoms with Gasteiger partial charge in [-0.05, 0) is 112 Å². The van der Waals surface area contributed by atoms with E-state index in [1.807, 2.05) is 26.0 Å². The zero-order valence-corrected chi connectivity index (χ0v) is 46.5. The number of amides is 4. The van der Waals surface area contributed by atoms with E-state index in [1.54, 1.807) is 65.7 Å². The molecule has 2 saturated carbocycles. The summed E-state index contributed by atoms with van der Waals surface area (Å²) in [5.74, 6) is -3.11. The van der Waals surface area contributed by atoms with Crippen molar-refractivity contribution < 1.29 is 62.4 Å². The standard InChI is InChI=1S/C29H46N2O6.C28H44N2O7/c1-9-11-12-13-14-15-22(30-27(35)37-28(5,6)7)26(34)31-18-24(36-8)19(3)25(31)23(33)17-29(20(4)32)16-21(29)10-2;1-8-10-11-12-13-14-20(29-26(35)37-27(4,5)6)24(32)30-17-22(36-7)18(3)23(30)21(31)16-28(25(33)34)15-19(28)9-2/h9-10,19,21-22,24-25H,1-2,11-18H2,3-8H3,(H,30,35);8-9,18-20,22-23H,1-2,10-17H2,3-7H3,(H,29,35)(H,33,34)/t19?,21-,22+,24+,25+,29+;18?,19-,20+,22+,23+,28-/m11/s1. The van der Waals surface area contributed by atoms with Crippen LogP contribution >= 0.6 is 0 Å². The summed E-state index contributed by atoms with van der Waals surface area (Å²) in [5, 5.41) is 15.3. The van der Waals surface area contributed by atoms with Gasteiger partial charge in [0, 0.05) is 57.4 Å². The summed E-state index contributed by atoms with van der Waals surface area (Å²) in [5.41, 5.74) is -3.34. The summed E-state index contributed by atoms with van der Waals surface area (Å²) in [7, 11) is 3.10. The summed E-state index contributed by atoms with van der Waals surface area (Å²) >= 11 is 0. The third kappa shape index (κ3) is 16.9. The number of allylic oxidation sites excluding steroid dienone is 4. The van der Waals surface area contributed by atoms with Crippen LogP contribution in [0, 0.1) is 34.5 Å². The maximum absolute atomic E-state index is 13.9. The van der Waals surface area contributed by atoms with Gasteiger partial charge in [-0.1, -0.05) is 63.8 Å². The number of ether oxygens (including phenoxy) is 4. The van der Waals surface area contributed by atoms with Crippen LogP contribution in [-0.2, 0) is 47.7 Å². The highest BCUT2D eigenvalue weighted by atomic mass is 16.6. The number of carbonyl (C=O) groups excluding carboxylic acids is 7. The van der Waals surface area contributed by atoms with E-state index in [1.165, 1.54) is 18.9 Å². The number of rotatable bonds is 28. The summed E-state index contributed by atoms with van der Waals surface area (Å²) in [6, 6.07) is -3.29. The second kappa shape index (κ2) is 27.6. The molecule has 3 N–H and O–H groups in total. The molecule has 2 saturated heterocycles. The number of likely N-dealkylation sites (tertiary alicyclic amines) is 2. The molecule has 416 valence electrons. The minimum atomic E-state index is -1.17. The molecule has 4 fully saturated rings. The van der Waals surface area contributed by atoms with Gasteiger partial charge in [0.15, 0.2) is 11.6 Å². The molecule has 0 aromatic heterocycles. The Kier molecular flexibility index (Phi) is 23.5. The zero-order valence-electron chi connectivity index (χ0n) is 46.5. The summed E-state index contributed by atoms with van der Waals surface area (Å²) in [6.07, 6.45) is 13.4. The van der Waals surface area contributed by atoms with Crippen LogP contribution in [0.2, 0.25) is 0 Å². The molecule has 0 bridgehead atoms. The molecular formula is C57H90N4O13. The van der Waals surface area contributed by atoms with E-state index in [2.05, 4.69) is 36.9 Å². The largest absolute Gasteiger partial charge is 0.481 e. The van der Waals surface area contributed by atoms with E-state index in [0.29, 0.717) is 32.1 Å². The summed E-state index contributed by atoms with van der Waals surface area (Å²) in [6.45, 7) is 31.1. The van der Waals surface area contributed by atoms with Gasteiger partial charge in [0.1, 0.15) is 29.1 Å². The molecule has 2 heterocycles. The Morgan fingerprint density at radius 2 is 0.986 bits per heavy atom. The van der Waals surface area contributed by atoms with Crippen LogP contribution in [0.4, 0.5) is 9.59 Å². The summed E-state index contributed by atoms with van der Waals surface area (Å²) in [4.78, 5) is 108. The lowest BCUT2D eigenvalue weighted by molar-refractivity contribution is -0.147. The van der Waals surface area contributed by atoms with Gasteiger partial charge in [-0.25, -0.2) is 9.59 Å². The lowest BCUT2D eigenvalue weighted by atomic mass is 9.86. The Morgan fingerprint density at radius 1 is 0.622 bits per heavy atom. The molecule has 2 unspecified atom stereocenters. The van der Waals surface area contributed by atoms with Crippen molar-refractivity contribution >= 4 is 47.3 Å². The first-order valence-corrected chi connectivity index (χ1v) is 26.5. The van der Waals surface area contributed by atoms with E-state index in [9.17, 15) is 43.5 Å². The topological polar surface area (TPSA) is 224 Å². The highest BCUT2D eigenvalue weighted by Gasteiger charge is 2.62. The van der Waals surface area contributed by atoms with Gasteiger partial charge >= 0.3 is 18.2 Å². The van der Waals surface area contributed by atoms with Crippen molar-refractivity contribution in [1.82, 2.24) is 20.4 Å². The molecule has 4 aliphatic rings. The molecule has 2 aliphatic heterocycles. The highest BCUT2D eigenvalue weighted by molar-refractivity contribution is 5.98. The van der Waals surface area contributed by atoms with Crippen LogP contribution in [0.5, 0.6) is 0 Å². The molecule has 17 heteroatoms. The maximum Gasteiger partial charge on any atom is 0.408 e. The van der Waals surface area contributed by atoms with Gasteiger partial charge in [-0.3, -0.25) is 28.8 Å². The summed E-state index contributed by atoms with van der Waals surface area (Å²) < 4.78 is 22.0. The monoisotopic (exact) mass is 1040 g/mol. The number of carboxylic acid groups (broad SMARTS) is 1. The molecule has 4 amide bonds. The number of carboxylic acids is 1. The molecule has 17 nitrogen and oxygen atoms in total. The Balaban J connectivity index is 0.000000390. The van der Waals surface area contributed by atoms with Gasteiger partial charge in [0.05, 0.1) is 29.7 Å². The quantitative estimate of drug-likeness (QED) is 0.0493. The molecule has 0 aromatic carbocycles. The minimum absolute atomic E-state index is 0.0230. The van der Waals surface area contributed by atoms with Crippen molar-refractivity contribution in [3.8, 4) is 0 Å². The van der Waals surface area contributed by atoms with Crippen molar-refractivity contribution in [1.29, 1.82) is 0 Å². The number of nitrogens with zero attached hydrogens (tertiary/aromatic N) is 2. The van der Waals surface area contributed by atoms with Crippen LogP contribution in [0.15, 0.2) is 50.6 Å². The first-order valence-electron chi connectivity index (χ1n) is 26.5. The van der Waals surface area contributed by atoms with Gasteiger partial charge in [0.25, 0.3) is 0 Å². The van der Waals surface area contributed by atoms with Crippen molar-refractivity contribution in [3.63, 3.8) is 0 Å². The Bertz CT molecular complexity index is 1900. The Labute approximate surface area is 441 Å². The van der Waals surface area contributed by atoms with Gasteiger partial charge in [-0.2, -0.15) is 0 Å². The van der Waals surface area contributed by atoms with Gasteiger partial charge in [-0.15, -0.1) is 26.3 Å². The lowest BCUT2D eigenvalue weighted by Gasteiger charge is -2.31. The van der Waals surface area contributed by atoms with Crippen molar-refractivity contribution in [3.05, 3.63) is 50.6 Å². The third-order valence-electron chi connectivity index (χ3n) is 15.1. The SMILES string of the molecule is C=CCCCCC[C@H](NC(=O)OC(C)(C)C)C(=O)N1C[C@H](OC)C(C)[C@H]1C(=O)C[C@]1(C(=O)O)C[C@H]1C=C.C=CCCCCC[C@H](NC(=O)OC(C)(C)C)C(=O)N1C[C@H](OC)C(C)[C@H]1C(=O)C[C@]1(C(C)=O)C[C@H]1C=C. The van der Waals surface area contributed by atoms with E-state index in [-0.39, 0.29) is 91.0 Å². The number of carbonyl (C=O) groups is 8. The number of ketones is 3. The first-order chi connectivity index (χ1) is 34.6. The number of Topliss-reactive ketones (excluding diaryl/α,β-unsaturated/α-hetero) is 3. The number of hydrogen-bond acceptors (Lipinski definition) is 12. The van der Waals surface area contributed by atoms with Crippen LogP contribution < -0.4 is 10.6 Å². The fourth-order valence-electron chi connectivity index (χ4n) is 10.7. The molecule has 2 aliphatic carbocycles. The average molecular weight is 1040 g/mol. The second-order valence-electron chi connectivity index (χ2n) is 22.9. The Morgan fingerprint density at radius 3 is 1.28 bits per heavy atom. The fourth-order valence-corrected chi connectivity index (χ4v) is 10.7. The van der Waals surface area contributed by atoms with Crippen molar-refractivity contribution in [2.45, 2.75) is 200 Å². The molecular weight excluding hydrogens is 949 g/mol. The van der Waals surface area contributed by atoms with E-state index in [0.717, 1.165) is 44.9 Å². The highest BCUT2D eigenvalue weighted by Crippen LogP contribution is 2.58. The molecule has 0 radical (unpaired) electrons. The fraction of sp³-hybridized carbons (Fsp3) is 0.719. The van der Waals surface area contributed by atoms with E-state index in [4.69, 9.17) is 18.9 Å². The van der Waals surface area contributed by atoms with Crippen molar-refractivity contribution in [2.24, 2.45) is 34.5 Å². The normalized spacial score (nSPS) is 27.8. The van der Waals surface area contributed by atoms with Gasteiger partial charge < -0.3 is 44.5 Å². The number of nitrogens with one attached hydrogen (secondary N) is 2. The smallest absolute Gasteiger partial charge is 0.408 e. The first kappa shape index (κ1) is 63.1. The van der Waals surface area contributed by atoms with Crippen LogP contribution in [0.3, 0.4) is 0 Å². The number of unbranched alkanes of at least 4 members (excludes halogenated alkanes) is 6. The number of aliphatic carboxylic acids is 1. The number of methoxy groups -OCH3 is 2. The molecule has 0 spiro atoms. The maximum atomic E-state index is 13.9. The molecule has 74 heavy (non-hydrogen) atoms. The van der Waals surface area contributed by atoms with Crippen LogP contribution in [-0.4, -0.2) is 137 Å². The van der Waals surface area contributed by atoms with E-state index < -0.39 is 64.4 Å². The minimum Gasteiger partial charge on any atom is -0.481 e. The number of alkyl carbamates (subject to hydrolysis) is 2. The van der Waals surface area contributed by atoms with Crippen molar-refractivity contribution in [2.75, 3.05) is 27.3 Å². The van der Waals surface area contributed by atoms with Crippen LogP contribution in [0.25, 0.3) is 0 Å². The third-order valence-corrected chi connectivity index (χ3v) is 15.1. The number of hydrogen-bond donors (Lipinski definition) is 3. The zero-order chi connectivity index (χ0) is 55.9. The molecule has 12 atom stereocenters. The molecule has 0 aromatic rings. The second-order valence-corrected chi connectivity index (χ2v) is 22.9. The predicted octanol–water partition coefficient (Wildman–Crippen LogP) is 8.73. The van der Waals surface area contributed by atoms with E-state index >= 15 is 0 Å². The van der Waals surface area contributed by atoms with Crippen LogP contribution in [0.1, 0.15) is 152 Å². The average Bonchev–Trinajstić information content (AvgIpc) is 4.15. The molecule has 4 rings (SSSR count). The predicted molar refractivity (Wildman–Crippen MR) is 283 cm³/mol. The van der Waals surface area contributed by atoms with Gasteiger partial charge in [0.2, 0.25) is 11.8 Å².